The van der Waals surface area contributed by atoms with Crippen molar-refractivity contribution in [3.63, 3.8) is 0 Å². The van der Waals surface area contributed by atoms with E-state index in [4.69, 9.17) is 20.9 Å². The minimum atomic E-state index is -0.237. The molecule has 0 aromatic carbocycles. The van der Waals surface area contributed by atoms with Crippen LogP contribution in [0.5, 0.6) is 0 Å². The second-order valence-electron chi connectivity index (χ2n) is 5.56. The highest BCUT2D eigenvalue weighted by Crippen LogP contribution is 2.77. The van der Waals surface area contributed by atoms with E-state index < -0.39 is 0 Å². The Labute approximate surface area is 94.2 Å². The number of guanidine groups is 1. The summed E-state index contributed by atoms with van der Waals surface area (Å²) in [5, 5.41) is 0. The lowest BCUT2D eigenvalue weighted by atomic mass is 10.1. The second kappa shape index (κ2) is 2.71. The quantitative estimate of drug-likeness (QED) is 0.495. The van der Waals surface area contributed by atoms with E-state index >= 15 is 0 Å². The van der Waals surface area contributed by atoms with Gasteiger partial charge in [-0.15, -0.1) is 0 Å². The predicted molar refractivity (Wildman–Crippen MR) is 57.4 cm³/mol. The second-order valence-corrected chi connectivity index (χ2v) is 5.56. The molecule has 1 saturated heterocycles. The molecule has 5 aliphatic rings. The van der Waals surface area contributed by atoms with Crippen molar-refractivity contribution < 1.29 is 9.47 Å². The number of hydrogen-bond acceptors (Lipinski definition) is 3. The summed E-state index contributed by atoms with van der Waals surface area (Å²) in [6.07, 6.45) is 2.66. The normalized spacial score (nSPS) is 55.9. The van der Waals surface area contributed by atoms with Crippen molar-refractivity contribution in [2.45, 2.75) is 24.7 Å². The molecule has 5 nitrogen and oxygen atoms in total. The maximum atomic E-state index is 6.13. The average Bonchev–Trinajstić information content (AvgIpc) is 2.73. The Hall–Kier alpha value is -0.810. The topological polar surface area (TPSA) is 82.9 Å². The van der Waals surface area contributed by atoms with Gasteiger partial charge in [0, 0.05) is 11.8 Å². The summed E-state index contributed by atoms with van der Waals surface area (Å²) >= 11 is 0. The summed E-state index contributed by atoms with van der Waals surface area (Å²) in [4.78, 5) is 4.01. The van der Waals surface area contributed by atoms with Gasteiger partial charge in [-0.05, 0) is 24.7 Å². The first-order valence-corrected chi connectivity index (χ1v) is 6.08. The van der Waals surface area contributed by atoms with Crippen LogP contribution in [0, 0.1) is 23.7 Å². The van der Waals surface area contributed by atoms with Gasteiger partial charge >= 0.3 is 0 Å². The zero-order valence-electron chi connectivity index (χ0n) is 9.13. The molecule has 1 spiro atoms. The van der Waals surface area contributed by atoms with Crippen LogP contribution in [0.1, 0.15) is 12.8 Å². The number of nitrogens with two attached hydrogens (primary N) is 2. The van der Waals surface area contributed by atoms with E-state index in [0.717, 1.165) is 11.8 Å². The van der Waals surface area contributed by atoms with Crippen molar-refractivity contribution in [2.24, 2.45) is 40.1 Å². The van der Waals surface area contributed by atoms with Gasteiger partial charge in [0.2, 0.25) is 0 Å². The number of hydrogen-bond donors (Lipinski definition) is 2. The Morgan fingerprint density at radius 3 is 2.62 bits per heavy atom. The zero-order chi connectivity index (χ0) is 10.9. The molecule has 4 unspecified atom stereocenters. The van der Waals surface area contributed by atoms with Gasteiger partial charge < -0.3 is 20.9 Å². The third kappa shape index (κ3) is 0.960. The Morgan fingerprint density at radius 2 is 2.06 bits per heavy atom. The lowest BCUT2D eigenvalue weighted by Gasteiger charge is -2.27. The van der Waals surface area contributed by atoms with E-state index in [1.165, 1.54) is 12.8 Å². The minimum absolute atomic E-state index is 0.0442. The van der Waals surface area contributed by atoms with Crippen LogP contribution in [0.15, 0.2) is 4.99 Å². The summed E-state index contributed by atoms with van der Waals surface area (Å²) in [5.74, 6) is 3.00. The molecule has 0 aromatic rings. The third-order valence-corrected chi connectivity index (χ3v) is 4.80. The van der Waals surface area contributed by atoms with Crippen LogP contribution in [-0.2, 0) is 9.47 Å². The Morgan fingerprint density at radius 1 is 1.31 bits per heavy atom. The monoisotopic (exact) mass is 223 g/mol. The van der Waals surface area contributed by atoms with E-state index in [2.05, 4.69) is 4.99 Å². The molecule has 4 aliphatic carbocycles. The Kier molecular flexibility index (Phi) is 1.56. The summed E-state index contributed by atoms with van der Waals surface area (Å²) in [6, 6.07) is 0. The maximum Gasteiger partial charge on any atom is 0.186 e. The number of nitrogens with zero attached hydrogens (tertiary/aromatic N) is 1. The fourth-order valence-corrected chi connectivity index (χ4v) is 4.28. The molecule has 5 rings (SSSR count). The largest absolute Gasteiger partial charge is 0.370 e. The molecule has 4 saturated carbocycles. The van der Waals surface area contributed by atoms with Crippen molar-refractivity contribution in [3.05, 3.63) is 0 Å². The van der Waals surface area contributed by atoms with Gasteiger partial charge in [0.15, 0.2) is 11.7 Å². The van der Waals surface area contributed by atoms with Crippen LogP contribution in [0.25, 0.3) is 0 Å². The number of aliphatic imine (C=N–C) groups is 1. The molecule has 5 heteroatoms. The highest BCUT2D eigenvalue weighted by molar-refractivity contribution is 5.75. The molecule has 4 N–H and O–H groups in total. The van der Waals surface area contributed by atoms with Crippen LogP contribution in [0.4, 0.5) is 0 Å². The molecule has 88 valence electrons. The van der Waals surface area contributed by atoms with Crippen LogP contribution < -0.4 is 11.5 Å². The Bertz CT molecular complexity index is 352. The number of rotatable bonds is 2. The van der Waals surface area contributed by atoms with Gasteiger partial charge in [0.25, 0.3) is 0 Å². The van der Waals surface area contributed by atoms with Gasteiger partial charge in [-0.25, -0.2) is 0 Å². The molecular formula is C11H17N3O2. The molecular weight excluding hydrogens is 206 g/mol. The van der Waals surface area contributed by atoms with E-state index in [9.17, 15) is 0 Å². The van der Waals surface area contributed by atoms with Crippen LogP contribution in [0.2, 0.25) is 0 Å². The van der Waals surface area contributed by atoms with Crippen molar-refractivity contribution in [1.29, 1.82) is 0 Å². The van der Waals surface area contributed by atoms with E-state index in [1.54, 1.807) is 0 Å². The van der Waals surface area contributed by atoms with Gasteiger partial charge in [-0.2, -0.15) is 0 Å². The van der Waals surface area contributed by atoms with Gasteiger partial charge in [-0.1, -0.05) is 0 Å². The third-order valence-electron chi connectivity index (χ3n) is 4.80. The van der Waals surface area contributed by atoms with Gasteiger partial charge in [0.05, 0.1) is 13.2 Å². The standard InChI is InChI=1S/C11H17N3O2/c12-10(13)14-3-6-4-15-11(16-6)5-1-7-8(2-5)9(7)11/h5-9H,1-4H2,(H4,12,13,14). The maximum absolute atomic E-state index is 6.13. The van der Waals surface area contributed by atoms with Crippen molar-refractivity contribution in [1.82, 2.24) is 0 Å². The molecule has 1 heterocycles. The van der Waals surface area contributed by atoms with Crippen LogP contribution in [-0.4, -0.2) is 31.0 Å². The first-order chi connectivity index (χ1) is 7.71. The van der Waals surface area contributed by atoms with E-state index in [-0.39, 0.29) is 17.9 Å². The van der Waals surface area contributed by atoms with Crippen molar-refractivity contribution >= 4 is 5.96 Å². The first kappa shape index (κ1) is 9.24. The molecule has 5 fully saturated rings. The summed E-state index contributed by atoms with van der Waals surface area (Å²) < 4.78 is 12.1. The lowest BCUT2D eigenvalue weighted by Crippen LogP contribution is -2.35. The van der Waals surface area contributed by atoms with Crippen molar-refractivity contribution in [2.75, 3.05) is 13.2 Å². The number of ether oxygens (including phenoxy) is 2. The lowest BCUT2D eigenvalue weighted by molar-refractivity contribution is -0.192. The molecule has 4 atom stereocenters. The zero-order valence-corrected chi connectivity index (χ0v) is 9.13. The first-order valence-electron chi connectivity index (χ1n) is 6.08. The van der Waals surface area contributed by atoms with E-state index in [0.29, 0.717) is 25.0 Å². The van der Waals surface area contributed by atoms with Crippen molar-refractivity contribution in [3.8, 4) is 0 Å². The summed E-state index contributed by atoms with van der Waals surface area (Å²) in [5.41, 5.74) is 10.6. The smallest absolute Gasteiger partial charge is 0.186 e. The fraction of sp³-hybridized carbons (Fsp3) is 0.909. The SMILES string of the molecule is NC(N)=NCC1COC2(O1)C1CC3C(C1)C32. The average molecular weight is 223 g/mol. The van der Waals surface area contributed by atoms with Gasteiger partial charge in [0.1, 0.15) is 6.10 Å². The molecule has 0 amide bonds. The van der Waals surface area contributed by atoms with Crippen LogP contribution >= 0.6 is 0 Å². The summed E-state index contributed by atoms with van der Waals surface area (Å²) in [7, 11) is 0. The molecule has 16 heavy (non-hydrogen) atoms. The van der Waals surface area contributed by atoms with Crippen LogP contribution in [0.3, 0.4) is 0 Å². The molecule has 1 aliphatic heterocycles. The highest BCUT2D eigenvalue weighted by Gasteiger charge is 2.79. The van der Waals surface area contributed by atoms with E-state index in [1.807, 2.05) is 0 Å². The fourth-order valence-electron chi connectivity index (χ4n) is 4.28. The molecule has 4 bridgehead atoms. The predicted octanol–water partition coefficient (Wildman–Crippen LogP) is -0.343. The minimum Gasteiger partial charge on any atom is -0.370 e. The highest BCUT2D eigenvalue weighted by atomic mass is 16.7. The molecule has 0 radical (unpaired) electrons. The Balaban J connectivity index is 1.48. The van der Waals surface area contributed by atoms with Gasteiger partial charge in [-0.3, -0.25) is 4.99 Å². The molecule has 0 aromatic heterocycles. The summed E-state index contributed by atoms with van der Waals surface area (Å²) in [6.45, 7) is 1.17.